The quantitative estimate of drug-likeness (QED) is 0.842. The number of nitriles is 1. The second kappa shape index (κ2) is 7.03. The van der Waals surface area contributed by atoms with E-state index < -0.39 is 24.0 Å². The summed E-state index contributed by atoms with van der Waals surface area (Å²) in [6.07, 6.45) is 3.02. The number of carbonyl (C=O) groups excluding carboxylic acids is 2. The maximum absolute atomic E-state index is 12.7. The fourth-order valence-electron chi connectivity index (χ4n) is 2.51. The second-order valence-corrected chi connectivity index (χ2v) is 5.41. The molecule has 0 aromatic heterocycles. The van der Waals surface area contributed by atoms with Gasteiger partial charge < -0.3 is 10.1 Å². The minimum absolute atomic E-state index is 0.0308. The van der Waals surface area contributed by atoms with Gasteiger partial charge >= 0.3 is 5.97 Å². The molecule has 0 heterocycles. The van der Waals surface area contributed by atoms with Crippen molar-refractivity contribution in [2.75, 3.05) is 6.61 Å². The van der Waals surface area contributed by atoms with Gasteiger partial charge in [-0.25, -0.2) is 4.39 Å². The maximum atomic E-state index is 12.7. The lowest BCUT2D eigenvalue weighted by atomic mass is 10.00. The Balaban J connectivity index is 1.77. The monoisotopic (exact) mass is 304 g/mol. The molecule has 0 bridgehead atoms. The van der Waals surface area contributed by atoms with Crippen LogP contribution in [0.5, 0.6) is 0 Å². The number of carbonyl (C=O) groups is 2. The molecule has 0 aliphatic heterocycles. The van der Waals surface area contributed by atoms with Crippen molar-refractivity contribution in [3.05, 3.63) is 35.6 Å². The van der Waals surface area contributed by atoms with Crippen LogP contribution in [0.2, 0.25) is 0 Å². The van der Waals surface area contributed by atoms with E-state index in [0.717, 1.165) is 12.8 Å². The number of esters is 1. The van der Waals surface area contributed by atoms with Crippen LogP contribution in [-0.4, -0.2) is 24.0 Å². The fourth-order valence-corrected chi connectivity index (χ4v) is 2.51. The van der Waals surface area contributed by atoms with Gasteiger partial charge in [-0.05, 0) is 43.4 Å². The van der Waals surface area contributed by atoms with E-state index in [-0.39, 0.29) is 12.2 Å². The maximum Gasteiger partial charge on any atom is 0.310 e. The first-order valence-corrected chi connectivity index (χ1v) is 7.15. The molecule has 0 spiro atoms. The number of nitrogens with zero attached hydrogens (tertiary/aromatic N) is 1. The van der Waals surface area contributed by atoms with Crippen molar-refractivity contribution in [2.45, 2.75) is 37.6 Å². The summed E-state index contributed by atoms with van der Waals surface area (Å²) in [6, 6.07) is 7.62. The molecule has 0 atom stereocenters. The van der Waals surface area contributed by atoms with E-state index in [1.165, 1.54) is 24.3 Å². The van der Waals surface area contributed by atoms with Gasteiger partial charge in [0.1, 0.15) is 11.4 Å². The van der Waals surface area contributed by atoms with Crippen LogP contribution < -0.4 is 5.32 Å². The van der Waals surface area contributed by atoms with Crippen LogP contribution in [-0.2, 0) is 20.7 Å². The van der Waals surface area contributed by atoms with Crippen molar-refractivity contribution in [3.63, 3.8) is 0 Å². The zero-order valence-corrected chi connectivity index (χ0v) is 12.1. The highest BCUT2D eigenvalue weighted by atomic mass is 19.1. The molecular weight excluding hydrogens is 287 g/mol. The lowest BCUT2D eigenvalue weighted by Gasteiger charge is -2.21. The molecule has 0 saturated heterocycles. The van der Waals surface area contributed by atoms with Crippen LogP contribution in [0.4, 0.5) is 4.39 Å². The van der Waals surface area contributed by atoms with Crippen molar-refractivity contribution in [3.8, 4) is 6.07 Å². The summed E-state index contributed by atoms with van der Waals surface area (Å²) < 4.78 is 17.6. The van der Waals surface area contributed by atoms with E-state index in [1.54, 1.807) is 0 Å². The molecule has 1 aromatic carbocycles. The van der Waals surface area contributed by atoms with Gasteiger partial charge in [-0.2, -0.15) is 5.26 Å². The molecule has 1 amide bonds. The Morgan fingerprint density at radius 3 is 2.50 bits per heavy atom. The molecule has 1 aromatic rings. The normalized spacial score (nSPS) is 15.8. The Bertz CT molecular complexity index is 586. The number of hydrogen-bond donors (Lipinski definition) is 1. The third-order valence-electron chi connectivity index (χ3n) is 3.68. The van der Waals surface area contributed by atoms with Crippen LogP contribution in [0, 0.1) is 17.1 Å². The van der Waals surface area contributed by atoms with Crippen LogP contribution >= 0.6 is 0 Å². The SMILES string of the molecule is N#CC1(NC(=O)COC(=O)Cc2ccc(F)cc2)CCCC1. The van der Waals surface area contributed by atoms with Crippen molar-refractivity contribution < 1.29 is 18.7 Å². The number of hydrogen-bond acceptors (Lipinski definition) is 4. The standard InChI is InChI=1S/C16H17FN2O3/c17-13-5-3-12(4-6-13)9-15(21)22-10-14(20)19-16(11-18)7-1-2-8-16/h3-6H,1-2,7-10H2,(H,19,20). The summed E-state index contributed by atoms with van der Waals surface area (Å²) in [5.41, 5.74) is -0.212. The molecular formula is C16H17FN2O3. The number of halogens is 1. The molecule has 22 heavy (non-hydrogen) atoms. The number of nitrogens with one attached hydrogen (secondary N) is 1. The van der Waals surface area contributed by atoms with Gasteiger partial charge in [0.2, 0.25) is 0 Å². The molecule has 6 heteroatoms. The van der Waals surface area contributed by atoms with Gasteiger partial charge in [0.25, 0.3) is 5.91 Å². The Kier molecular flexibility index (Phi) is 5.10. The van der Waals surface area contributed by atoms with Crippen molar-refractivity contribution in [1.82, 2.24) is 5.32 Å². The van der Waals surface area contributed by atoms with E-state index in [9.17, 15) is 14.0 Å². The molecule has 116 valence electrons. The van der Waals surface area contributed by atoms with Crippen molar-refractivity contribution in [2.24, 2.45) is 0 Å². The van der Waals surface area contributed by atoms with Gasteiger partial charge in [0.15, 0.2) is 6.61 Å². The average molecular weight is 304 g/mol. The molecule has 5 nitrogen and oxygen atoms in total. The predicted octanol–water partition coefficient (Wildman–Crippen LogP) is 1.86. The van der Waals surface area contributed by atoms with Crippen molar-refractivity contribution in [1.29, 1.82) is 5.26 Å². The fraction of sp³-hybridized carbons (Fsp3) is 0.438. The predicted molar refractivity (Wildman–Crippen MR) is 76.0 cm³/mol. The van der Waals surface area contributed by atoms with Crippen molar-refractivity contribution >= 4 is 11.9 Å². The van der Waals surface area contributed by atoms with E-state index in [1.807, 2.05) is 0 Å². The molecule has 2 rings (SSSR count). The summed E-state index contributed by atoms with van der Waals surface area (Å²) in [4.78, 5) is 23.4. The minimum atomic E-state index is -0.819. The highest BCUT2D eigenvalue weighted by Crippen LogP contribution is 2.28. The van der Waals surface area contributed by atoms with Gasteiger partial charge in [-0.15, -0.1) is 0 Å². The van der Waals surface area contributed by atoms with Gasteiger partial charge in [0, 0.05) is 0 Å². The Hall–Kier alpha value is -2.42. The molecule has 0 radical (unpaired) electrons. The topological polar surface area (TPSA) is 79.2 Å². The summed E-state index contributed by atoms with van der Waals surface area (Å²) in [5, 5.41) is 11.8. The third kappa shape index (κ3) is 4.29. The summed E-state index contributed by atoms with van der Waals surface area (Å²) in [7, 11) is 0. The van der Waals surface area contributed by atoms with E-state index >= 15 is 0 Å². The van der Waals surface area contributed by atoms with Crippen LogP contribution in [0.15, 0.2) is 24.3 Å². The number of rotatable bonds is 5. The zero-order chi connectivity index (χ0) is 16.0. The molecule has 0 unspecified atom stereocenters. The first-order chi connectivity index (χ1) is 10.5. The molecule has 1 aliphatic rings. The Labute approximate surface area is 128 Å². The average Bonchev–Trinajstić information content (AvgIpc) is 2.97. The van der Waals surface area contributed by atoms with Crippen LogP contribution in [0.3, 0.4) is 0 Å². The smallest absolute Gasteiger partial charge is 0.310 e. The molecule has 1 saturated carbocycles. The molecule has 1 aliphatic carbocycles. The molecule has 1 fully saturated rings. The van der Waals surface area contributed by atoms with Gasteiger partial charge in [0.05, 0.1) is 12.5 Å². The highest BCUT2D eigenvalue weighted by Gasteiger charge is 2.35. The summed E-state index contributed by atoms with van der Waals surface area (Å²) >= 11 is 0. The molecule has 1 N–H and O–H groups in total. The number of amides is 1. The summed E-state index contributed by atoms with van der Waals surface area (Å²) in [6.45, 7) is -0.413. The Morgan fingerprint density at radius 1 is 1.27 bits per heavy atom. The highest BCUT2D eigenvalue weighted by molar-refractivity contribution is 5.82. The largest absolute Gasteiger partial charge is 0.455 e. The van der Waals surface area contributed by atoms with Gasteiger partial charge in [-0.1, -0.05) is 12.1 Å². The van der Waals surface area contributed by atoms with E-state index in [0.29, 0.717) is 18.4 Å². The first kappa shape index (κ1) is 16.0. The van der Waals surface area contributed by atoms with E-state index in [4.69, 9.17) is 10.00 Å². The van der Waals surface area contributed by atoms with E-state index in [2.05, 4.69) is 11.4 Å². The third-order valence-corrected chi connectivity index (χ3v) is 3.68. The van der Waals surface area contributed by atoms with Gasteiger partial charge in [-0.3, -0.25) is 9.59 Å². The lowest BCUT2D eigenvalue weighted by molar-refractivity contribution is -0.148. The zero-order valence-electron chi connectivity index (χ0n) is 12.1. The second-order valence-electron chi connectivity index (χ2n) is 5.41. The Morgan fingerprint density at radius 2 is 1.91 bits per heavy atom. The number of benzene rings is 1. The number of ether oxygens (including phenoxy) is 1. The minimum Gasteiger partial charge on any atom is -0.455 e. The lowest BCUT2D eigenvalue weighted by Crippen LogP contribution is -2.46. The van der Waals surface area contributed by atoms with Crippen LogP contribution in [0.1, 0.15) is 31.2 Å². The summed E-state index contributed by atoms with van der Waals surface area (Å²) in [5.74, 6) is -1.43. The van der Waals surface area contributed by atoms with Crippen LogP contribution in [0.25, 0.3) is 0 Å². The first-order valence-electron chi connectivity index (χ1n) is 7.15.